The number of nitrogens with one attached hydrogen (secondary N) is 1. The van der Waals surface area contributed by atoms with Crippen LogP contribution in [-0.2, 0) is 11.8 Å². The summed E-state index contributed by atoms with van der Waals surface area (Å²) in [4.78, 5) is 14.3. The highest BCUT2D eigenvalue weighted by Gasteiger charge is 2.14. The SMILES string of the molecule is Cc1ccc(C(CNC(=O)/C=C/c2c(C)nn(C)c2C)N(C)C)cc1. The monoisotopic (exact) mass is 340 g/mol. The molecule has 2 rings (SSSR count). The lowest BCUT2D eigenvalue weighted by atomic mass is 10.0. The maximum absolute atomic E-state index is 12.2. The molecule has 1 heterocycles. The standard InChI is InChI=1S/C20H28N4O/c1-14-7-9-17(10-8-14)19(23(4)5)13-21-20(25)12-11-18-15(2)22-24(6)16(18)3/h7-12,19H,13H2,1-6H3,(H,21,25)/b12-11+. The van der Waals surface area contributed by atoms with Crippen molar-refractivity contribution in [2.75, 3.05) is 20.6 Å². The van der Waals surface area contributed by atoms with Gasteiger partial charge in [-0.25, -0.2) is 0 Å². The Hall–Kier alpha value is -2.40. The normalized spacial score (nSPS) is 12.8. The van der Waals surface area contributed by atoms with E-state index in [1.165, 1.54) is 11.1 Å². The zero-order valence-electron chi connectivity index (χ0n) is 16.0. The molecule has 0 saturated heterocycles. The number of aryl methyl sites for hydroxylation is 3. The third kappa shape index (κ3) is 4.79. The highest BCUT2D eigenvalue weighted by Crippen LogP contribution is 2.18. The summed E-state index contributed by atoms with van der Waals surface area (Å²) in [6, 6.07) is 8.57. The molecule has 5 heteroatoms. The van der Waals surface area contributed by atoms with Crippen molar-refractivity contribution in [3.8, 4) is 0 Å². The number of likely N-dealkylation sites (N-methyl/N-ethyl adjacent to an activating group) is 1. The number of carbonyl (C=O) groups is 1. The predicted molar refractivity (Wildman–Crippen MR) is 102 cm³/mol. The molecule has 1 atom stereocenters. The van der Waals surface area contributed by atoms with Crippen LogP contribution in [0.3, 0.4) is 0 Å². The molecule has 25 heavy (non-hydrogen) atoms. The maximum Gasteiger partial charge on any atom is 0.244 e. The first-order valence-corrected chi connectivity index (χ1v) is 8.48. The molecule has 1 amide bonds. The van der Waals surface area contributed by atoms with Gasteiger partial charge in [-0.05, 0) is 46.5 Å². The molecular formula is C20H28N4O. The molecule has 2 aromatic rings. The van der Waals surface area contributed by atoms with E-state index in [2.05, 4.69) is 46.5 Å². The van der Waals surface area contributed by atoms with Gasteiger partial charge in [-0.2, -0.15) is 5.10 Å². The van der Waals surface area contributed by atoms with Crippen LogP contribution in [0.25, 0.3) is 6.08 Å². The van der Waals surface area contributed by atoms with Gasteiger partial charge < -0.3 is 10.2 Å². The van der Waals surface area contributed by atoms with Crippen molar-refractivity contribution in [1.82, 2.24) is 20.0 Å². The van der Waals surface area contributed by atoms with Crippen LogP contribution in [0, 0.1) is 20.8 Å². The smallest absolute Gasteiger partial charge is 0.244 e. The molecule has 0 saturated carbocycles. The Labute approximate surface area is 150 Å². The van der Waals surface area contributed by atoms with Crippen LogP contribution in [-0.4, -0.2) is 41.2 Å². The molecular weight excluding hydrogens is 312 g/mol. The van der Waals surface area contributed by atoms with Crippen LogP contribution in [0.1, 0.15) is 34.1 Å². The first-order valence-electron chi connectivity index (χ1n) is 8.48. The van der Waals surface area contributed by atoms with Crippen molar-refractivity contribution in [1.29, 1.82) is 0 Å². The average molecular weight is 340 g/mol. The third-order valence-electron chi connectivity index (χ3n) is 4.52. The van der Waals surface area contributed by atoms with Crippen LogP contribution < -0.4 is 5.32 Å². The molecule has 1 aromatic carbocycles. The van der Waals surface area contributed by atoms with E-state index in [4.69, 9.17) is 0 Å². The highest BCUT2D eigenvalue weighted by molar-refractivity contribution is 5.92. The number of rotatable bonds is 6. The second-order valence-electron chi connectivity index (χ2n) is 6.68. The first-order chi connectivity index (χ1) is 11.8. The fraction of sp³-hybridized carbons (Fsp3) is 0.400. The zero-order valence-corrected chi connectivity index (χ0v) is 16.0. The van der Waals surface area contributed by atoms with Gasteiger partial charge in [0.1, 0.15) is 0 Å². The van der Waals surface area contributed by atoms with Crippen molar-refractivity contribution in [2.24, 2.45) is 7.05 Å². The molecule has 0 aliphatic rings. The molecule has 5 nitrogen and oxygen atoms in total. The van der Waals surface area contributed by atoms with Gasteiger partial charge in [-0.3, -0.25) is 9.48 Å². The fourth-order valence-electron chi connectivity index (χ4n) is 2.83. The summed E-state index contributed by atoms with van der Waals surface area (Å²) in [5, 5.41) is 7.36. The molecule has 134 valence electrons. The number of hydrogen-bond acceptors (Lipinski definition) is 3. The summed E-state index contributed by atoms with van der Waals surface area (Å²) in [5.74, 6) is -0.0957. The van der Waals surface area contributed by atoms with Crippen molar-refractivity contribution in [3.63, 3.8) is 0 Å². The highest BCUT2D eigenvalue weighted by atomic mass is 16.1. The number of benzene rings is 1. The Balaban J connectivity index is 2.01. The third-order valence-corrected chi connectivity index (χ3v) is 4.52. The lowest BCUT2D eigenvalue weighted by Crippen LogP contribution is -2.33. The predicted octanol–water partition coefficient (Wildman–Crippen LogP) is 2.78. The Morgan fingerprint density at radius 1 is 1.24 bits per heavy atom. The van der Waals surface area contributed by atoms with Gasteiger partial charge in [-0.1, -0.05) is 29.8 Å². The second-order valence-corrected chi connectivity index (χ2v) is 6.68. The zero-order chi connectivity index (χ0) is 18.6. The fourth-order valence-corrected chi connectivity index (χ4v) is 2.83. The number of aromatic nitrogens is 2. The largest absolute Gasteiger partial charge is 0.351 e. The van der Waals surface area contributed by atoms with Crippen molar-refractivity contribution in [3.05, 3.63) is 58.4 Å². The van der Waals surface area contributed by atoms with Gasteiger partial charge in [0, 0.05) is 30.9 Å². The number of carbonyl (C=O) groups excluding carboxylic acids is 1. The Bertz CT molecular complexity index is 757. The molecule has 0 aliphatic heterocycles. The minimum absolute atomic E-state index is 0.0957. The molecule has 1 N–H and O–H groups in total. The molecule has 1 unspecified atom stereocenters. The molecule has 0 aliphatic carbocycles. The van der Waals surface area contributed by atoms with Gasteiger partial charge in [-0.15, -0.1) is 0 Å². The summed E-state index contributed by atoms with van der Waals surface area (Å²) in [5.41, 5.74) is 5.40. The van der Waals surface area contributed by atoms with E-state index >= 15 is 0 Å². The number of hydrogen-bond donors (Lipinski definition) is 1. The van der Waals surface area contributed by atoms with Crippen LogP contribution in [0.5, 0.6) is 0 Å². The lowest BCUT2D eigenvalue weighted by molar-refractivity contribution is -0.116. The Kier molecular flexibility index (Phi) is 6.15. The number of nitrogens with zero attached hydrogens (tertiary/aromatic N) is 3. The van der Waals surface area contributed by atoms with Crippen LogP contribution >= 0.6 is 0 Å². The molecule has 0 fully saturated rings. The maximum atomic E-state index is 12.2. The molecule has 1 aromatic heterocycles. The van der Waals surface area contributed by atoms with Gasteiger partial charge in [0.25, 0.3) is 0 Å². The second kappa shape index (κ2) is 8.12. The Morgan fingerprint density at radius 2 is 1.88 bits per heavy atom. The minimum Gasteiger partial charge on any atom is -0.351 e. The van der Waals surface area contributed by atoms with Gasteiger partial charge >= 0.3 is 0 Å². The summed E-state index contributed by atoms with van der Waals surface area (Å²) in [6.45, 7) is 6.58. The van der Waals surface area contributed by atoms with Crippen molar-refractivity contribution >= 4 is 12.0 Å². The first kappa shape index (κ1) is 18.9. The van der Waals surface area contributed by atoms with Crippen molar-refractivity contribution in [2.45, 2.75) is 26.8 Å². The van der Waals surface area contributed by atoms with E-state index < -0.39 is 0 Å². The number of amides is 1. The minimum atomic E-state index is -0.0957. The van der Waals surface area contributed by atoms with E-state index in [1.54, 1.807) is 6.08 Å². The van der Waals surface area contributed by atoms with E-state index in [9.17, 15) is 4.79 Å². The van der Waals surface area contributed by atoms with E-state index in [1.807, 2.05) is 45.7 Å². The van der Waals surface area contributed by atoms with Gasteiger partial charge in [0.2, 0.25) is 5.91 Å². The van der Waals surface area contributed by atoms with E-state index in [-0.39, 0.29) is 11.9 Å². The summed E-state index contributed by atoms with van der Waals surface area (Å²) >= 11 is 0. The van der Waals surface area contributed by atoms with Gasteiger partial charge in [0.15, 0.2) is 0 Å². The van der Waals surface area contributed by atoms with Crippen LogP contribution in [0.4, 0.5) is 0 Å². The molecule has 0 spiro atoms. The van der Waals surface area contributed by atoms with Gasteiger partial charge in [0.05, 0.1) is 11.7 Å². The van der Waals surface area contributed by atoms with Crippen LogP contribution in [0.2, 0.25) is 0 Å². The van der Waals surface area contributed by atoms with Crippen molar-refractivity contribution < 1.29 is 4.79 Å². The topological polar surface area (TPSA) is 50.2 Å². The van der Waals surface area contributed by atoms with E-state index in [0.29, 0.717) is 6.54 Å². The lowest BCUT2D eigenvalue weighted by Gasteiger charge is -2.25. The van der Waals surface area contributed by atoms with E-state index in [0.717, 1.165) is 17.0 Å². The summed E-state index contributed by atoms with van der Waals surface area (Å²) in [7, 11) is 5.95. The Morgan fingerprint density at radius 3 is 2.40 bits per heavy atom. The molecule has 0 bridgehead atoms. The quantitative estimate of drug-likeness (QED) is 0.823. The van der Waals surface area contributed by atoms with Crippen LogP contribution in [0.15, 0.2) is 30.3 Å². The average Bonchev–Trinajstić information content (AvgIpc) is 2.79. The summed E-state index contributed by atoms with van der Waals surface area (Å²) in [6.07, 6.45) is 3.42. The molecule has 0 radical (unpaired) electrons. The summed E-state index contributed by atoms with van der Waals surface area (Å²) < 4.78 is 1.83.